The lowest BCUT2D eigenvalue weighted by Gasteiger charge is -2.39. The van der Waals surface area contributed by atoms with Crippen LogP contribution in [0.15, 0.2) is 54.6 Å². The van der Waals surface area contributed by atoms with Crippen LogP contribution in [0.5, 0.6) is 0 Å². The number of benzene rings is 2. The van der Waals surface area contributed by atoms with Crippen molar-refractivity contribution in [3.63, 3.8) is 0 Å². The summed E-state index contributed by atoms with van der Waals surface area (Å²) in [6, 6.07) is 18.1. The lowest BCUT2D eigenvalue weighted by atomic mass is 9.87. The minimum absolute atomic E-state index is 0.00209. The zero-order chi connectivity index (χ0) is 20.6. The third-order valence-electron chi connectivity index (χ3n) is 5.50. The first-order chi connectivity index (χ1) is 14.1. The Morgan fingerprint density at radius 2 is 1.90 bits per heavy atom. The topological polar surface area (TPSA) is 58.6 Å². The Balaban J connectivity index is 1.77. The van der Waals surface area contributed by atoms with Crippen molar-refractivity contribution in [2.75, 3.05) is 26.8 Å². The highest BCUT2D eigenvalue weighted by Crippen LogP contribution is 2.34. The van der Waals surface area contributed by atoms with Crippen molar-refractivity contribution in [1.82, 2.24) is 10.2 Å². The first-order valence-electron chi connectivity index (χ1n) is 10.2. The summed E-state index contributed by atoms with van der Waals surface area (Å²) in [4.78, 5) is 27.7. The smallest absolute Gasteiger partial charge is 0.227 e. The molecule has 0 saturated carbocycles. The highest BCUT2D eigenvalue weighted by Gasteiger charge is 2.35. The molecule has 0 aromatic heterocycles. The molecule has 0 spiro atoms. The summed E-state index contributed by atoms with van der Waals surface area (Å²) < 4.78 is 5.01. The Labute approximate surface area is 173 Å². The number of likely N-dealkylation sites (tertiary alicyclic amines) is 1. The van der Waals surface area contributed by atoms with Crippen molar-refractivity contribution in [3.8, 4) is 0 Å². The molecule has 5 heteroatoms. The fraction of sp³-hybridized carbons (Fsp3) is 0.417. The van der Waals surface area contributed by atoms with E-state index in [9.17, 15) is 9.59 Å². The molecule has 0 aliphatic carbocycles. The Morgan fingerprint density at radius 3 is 2.62 bits per heavy atom. The minimum atomic E-state index is -0.187. The number of amides is 2. The van der Waals surface area contributed by atoms with Gasteiger partial charge in [-0.15, -0.1) is 0 Å². The van der Waals surface area contributed by atoms with E-state index in [4.69, 9.17) is 4.74 Å². The Hall–Kier alpha value is -2.66. The number of nitrogens with one attached hydrogen (secondary N) is 1. The van der Waals surface area contributed by atoms with Crippen LogP contribution in [0.4, 0.5) is 0 Å². The SMILES string of the molecule is COCCNC(=O)[C@H]1CC[C@@H](c2cccc(C)c2)N(C(=O)Cc2ccccc2)C1. The zero-order valence-electron chi connectivity index (χ0n) is 17.3. The number of ether oxygens (including phenoxy) is 1. The molecule has 2 atom stereocenters. The molecule has 3 rings (SSSR count). The first kappa shape index (κ1) is 21.1. The predicted octanol–water partition coefficient (Wildman–Crippen LogP) is 3.28. The third-order valence-corrected chi connectivity index (χ3v) is 5.50. The third kappa shape index (κ3) is 5.67. The van der Waals surface area contributed by atoms with Crippen LogP contribution in [0.25, 0.3) is 0 Å². The van der Waals surface area contributed by atoms with Crippen LogP contribution < -0.4 is 5.32 Å². The van der Waals surface area contributed by atoms with Crippen molar-refractivity contribution < 1.29 is 14.3 Å². The van der Waals surface area contributed by atoms with Crippen LogP contribution in [0.3, 0.4) is 0 Å². The van der Waals surface area contributed by atoms with Crippen molar-refractivity contribution in [3.05, 3.63) is 71.3 Å². The monoisotopic (exact) mass is 394 g/mol. The van der Waals surface area contributed by atoms with Crippen LogP contribution in [0.1, 0.15) is 35.6 Å². The maximum Gasteiger partial charge on any atom is 0.227 e. The number of rotatable bonds is 7. The van der Waals surface area contributed by atoms with Gasteiger partial charge in [0, 0.05) is 20.2 Å². The van der Waals surface area contributed by atoms with Gasteiger partial charge in [-0.3, -0.25) is 9.59 Å². The van der Waals surface area contributed by atoms with Crippen molar-refractivity contribution in [2.24, 2.45) is 5.92 Å². The summed E-state index contributed by atoms with van der Waals surface area (Å²) in [5.74, 6) is -0.119. The number of carbonyl (C=O) groups is 2. The van der Waals surface area contributed by atoms with E-state index in [0.29, 0.717) is 26.1 Å². The standard InChI is InChI=1S/C24H30N2O3/c1-18-7-6-10-20(15-18)22-12-11-21(24(28)25-13-14-29-2)17-26(22)23(27)16-19-8-4-3-5-9-19/h3-10,15,21-22H,11-14,16-17H2,1-2H3,(H,25,28)/t21-,22-/m0/s1. The zero-order valence-corrected chi connectivity index (χ0v) is 17.3. The number of methoxy groups -OCH3 is 1. The van der Waals surface area contributed by atoms with Crippen LogP contribution in [-0.4, -0.2) is 43.5 Å². The Kier molecular flexibility index (Phi) is 7.42. The number of hydrogen-bond acceptors (Lipinski definition) is 3. The van der Waals surface area contributed by atoms with E-state index in [-0.39, 0.29) is 23.8 Å². The molecule has 0 unspecified atom stereocenters. The Bertz CT molecular complexity index is 822. The van der Waals surface area contributed by atoms with E-state index in [1.165, 1.54) is 5.56 Å². The molecule has 1 heterocycles. The van der Waals surface area contributed by atoms with E-state index in [1.54, 1.807) is 7.11 Å². The second-order valence-corrected chi connectivity index (χ2v) is 7.70. The van der Waals surface area contributed by atoms with Gasteiger partial charge in [0.1, 0.15) is 0 Å². The van der Waals surface area contributed by atoms with Gasteiger partial charge < -0.3 is 15.0 Å². The molecule has 5 nitrogen and oxygen atoms in total. The summed E-state index contributed by atoms with van der Waals surface area (Å²) >= 11 is 0. The molecule has 1 saturated heterocycles. The van der Waals surface area contributed by atoms with Gasteiger partial charge in [0.05, 0.1) is 25.0 Å². The maximum atomic E-state index is 13.2. The van der Waals surface area contributed by atoms with Gasteiger partial charge >= 0.3 is 0 Å². The van der Waals surface area contributed by atoms with Crippen molar-refractivity contribution >= 4 is 11.8 Å². The van der Waals surface area contributed by atoms with Crippen molar-refractivity contribution in [2.45, 2.75) is 32.2 Å². The molecule has 1 aliphatic heterocycles. The van der Waals surface area contributed by atoms with E-state index >= 15 is 0 Å². The summed E-state index contributed by atoms with van der Waals surface area (Å²) in [6.45, 7) is 3.49. The predicted molar refractivity (Wildman–Crippen MR) is 113 cm³/mol. The van der Waals surface area contributed by atoms with Gasteiger partial charge in [-0.2, -0.15) is 0 Å². The second kappa shape index (κ2) is 10.2. The van der Waals surface area contributed by atoms with E-state index in [0.717, 1.165) is 24.0 Å². The molecule has 2 amide bonds. The van der Waals surface area contributed by atoms with Crippen LogP contribution in [0.2, 0.25) is 0 Å². The van der Waals surface area contributed by atoms with Gasteiger partial charge in [0.2, 0.25) is 11.8 Å². The molecule has 2 aromatic carbocycles. The summed E-state index contributed by atoms with van der Waals surface area (Å²) in [7, 11) is 1.61. The van der Waals surface area contributed by atoms with E-state index < -0.39 is 0 Å². The van der Waals surface area contributed by atoms with Crippen LogP contribution in [0, 0.1) is 12.8 Å². The minimum Gasteiger partial charge on any atom is -0.383 e. The molecule has 1 aliphatic rings. The van der Waals surface area contributed by atoms with Gasteiger partial charge in [-0.1, -0.05) is 60.2 Å². The number of nitrogens with zero attached hydrogens (tertiary/aromatic N) is 1. The highest BCUT2D eigenvalue weighted by atomic mass is 16.5. The van der Waals surface area contributed by atoms with Crippen LogP contribution >= 0.6 is 0 Å². The Morgan fingerprint density at radius 1 is 1.10 bits per heavy atom. The normalized spacial score (nSPS) is 19.0. The summed E-state index contributed by atoms with van der Waals surface area (Å²) in [6.07, 6.45) is 1.90. The maximum absolute atomic E-state index is 13.2. The van der Waals surface area contributed by atoms with Gasteiger partial charge in [-0.05, 0) is 30.9 Å². The molecule has 29 heavy (non-hydrogen) atoms. The number of piperidine rings is 1. The lowest BCUT2D eigenvalue weighted by Crippen LogP contribution is -2.47. The molecule has 2 aromatic rings. The van der Waals surface area contributed by atoms with Gasteiger partial charge in [0.25, 0.3) is 0 Å². The molecule has 0 bridgehead atoms. The molecule has 154 valence electrons. The average molecular weight is 395 g/mol. The lowest BCUT2D eigenvalue weighted by molar-refractivity contribution is -0.138. The van der Waals surface area contributed by atoms with E-state index in [1.807, 2.05) is 41.3 Å². The van der Waals surface area contributed by atoms with Gasteiger partial charge in [0.15, 0.2) is 0 Å². The van der Waals surface area contributed by atoms with Gasteiger partial charge in [-0.25, -0.2) is 0 Å². The molecule has 1 N–H and O–H groups in total. The van der Waals surface area contributed by atoms with E-state index in [2.05, 4.69) is 30.4 Å². The molecular weight excluding hydrogens is 364 g/mol. The highest BCUT2D eigenvalue weighted by molar-refractivity contribution is 5.82. The van der Waals surface area contributed by atoms with Crippen molar-refractivity contribution in [1.29, 1.82) is 0 Å². The quantitative estimate of drug-likeness (QED) is 0.733. The van der Waals surface area contributed by atoms with Crippen LogP contribution in [-0.2, 0) is 20.7 Å². The first-order valence-corrected chi connectivity index (χ1v) is 10.2. The second-order valence-electron chi connectivity index (χ2n) is 7.70. The summed E-state index contributed by atoms with van der Waals surface area (Å²) in [5.41, 5.74) is 3.31. The largest absolute Gasteiger partial charge is 0.383 e. The number of aryl methyl sites for hydroxylation is 1. The number of hydrogen-bond donors (Lipinski definition) is 1. The summed E-state index contributed by atoms with van der Waals surface area (Å²) in [5, 5.41) is 2.92. The fourth-order valence-electron chi connectivity index (χ4n) is 3.98. The molecular formula is C24H30N2O3. The number of carbonyl (C=O) groups excluding carboxylic acids is 2. The molecule has 0 radical (unpaired) electrons. The molecule has 1 fully saturated rings. The average Bonchev–Trinajstić information content (AvgIpc) is 2.74. The fourth-order valence-corrected chi connectivity index (χ4v) is 3.98.